The molecule has 0 atom stereocenters. The number of aryl methyl sites for hydroxylation is 1. The van der Waals surface area contributed by atoms with Gasteiger partial charge in [0.2, 0.25) is 10.0 Å². The minimum Gasteiger partial charge on any atom is -0.207 e. The zero-order chi connectivity index (χ0) is 19.6. The van der Waals surface area contributed by atoms with Gasteiger partial charge in [0, 0.05) is 6.54 Å². The average molecular weight is 376 g/mol. The predicted molar refractivity (Wildman–Crippen MR) is 112 cm³/mol. The normalized spacial score (nSPS) is 13.0. The fourth-order valence-electron chi connectivity index (χ4n) is 2.47. The van der Waals surface area contributed by atoms with E-state index in [1.54, 1.807) is 12.1 Å². The standard InChI is InChI=1S/C22H33NO2S/c1-18(2)8-6-9-19(3)10-7-11-20(4)16-17-23-26(24,25)22-14-12-21(5)13-15-22/h8,10,12-16,23H,6-7,9,11,17H2,1-5H3/b19-10+,20-16+. The largest absolute Gasteiger partial charge is 0.240 e. The minimum atomic E-state index is -3.44. The van der Waals surface area contributed by atoms with E-state index in [1.165, 1.54) is 16.7 Å². The van der Waals surface area contributed by atoms with E-state index < -0.39 is 10.0 Å². The van der Waals surface area contributed by atoms with Gasteiger partial charge in [0.1, 0.15) is 0 Å². The van der Waals surface area contributed by atoms with E-state index in [4.69, 9.17) is 0 Å². The van der Waals surface area contributed by atoms with Crippen molar-refractivity contribution in [3.8, 4) is 0 Å². The van der Waals surface area contributed by atoms with Gasteiger partial charge in [-0.2, -0.15) is 0 Å². The first-order valence-corrected chi connectivity index (χ1v) is 10.7. The summed E-state index contributed by atoms with van der Waals surface area (Å²) in [4.78, 5) is 0.309. The highest BCUT2D eigenvalue weighted by Gasteiger charge is 2.11. The molecule has 0 saturated heterocycles. The highest BCUT2D eigenvalue weighted by atomic mass is 32.2. The lowest BCUT2D eigenvalue weighted by molar-refractivity contribution is 0.585. The second-order valence-corrected chi connectivity index (χ2v) is 8.89. The Kier molecular flexibility index (Phi) is 9.60. The van der Waals surface area contributed by atoms with Gasteiger partial charge in [-0.05, 0) is 72.4 Å². The molecule has 3 nitrogen and oxygen atoms in total. The van der Waals surface area contributed by atoms with Gasteiger partial charge in [-0.1, -0.05) is 52.6 Å². The Morgan fingerprint density at radius 2 is 1.42 bits per heavy atom. The van der Waals surface area contributed by atoms with Crippen molar-refractivity contribution < 1.29 is 8.42 Å². The van der Waals surface area contributed by atoms with E-state index in [0.717, 1.165) is 31.2 Å². The second-order valence-electron chi connectivity index (χ2n) is 7.12. The lowest BCUT2D eigenvalue weighted by Gasteiger charge is -2.06. The zero-order valence-corrected chi connectivity index (χ0v) is 17.6. The summed E-state index contributed by atoms with van der Waals surface area (Å²) in [5.41, 5.74) is 5.02. The summed E-state index contributed by atoms with van der Waals surface area (Å²) in [6.45, 7) is 10.7. The molecular formula is C22H33NO2S. The van der Waals surface area contributed by atoms with Crippen molar-refractivity contribution in [2.24, 2.45) is 0 Å². The van der Waals surface area contributed by atoms with Crippen LogP contribution in [0.4, 0.5) is 0 Å². The predicted octanol–water partition coefficient (Wildman–Crippen LogP) is 5.69. The Balaban J connectivity index is 2.41. The van der Waals surface area contributed by atoms with Crippen molar-refractivity contribution in [3.05, 3.63) is 64.8 Å². The number of hydrogen-bond donors (Lipinski definition) is 1. The molecule has 0 bridgehead atoms. The highest BCUT2D eigenvalue weighted by Crippen LogP contribution is 2.12. The van der Waals surface area contributed by atoms with Crippen molar-refractivity contribution in [1.29, 1.82) is 0 Å². The maximum atomic E-state index is 12.2. The van der Waals surface area contributed by atoms with Crippen molar-refractivity contribution >= 4 is 10.0 Å². The van der Waals surface area contributed by atoms with Crippen molar-refractivity contribution in [1.82, 2.24) is 4.72 Å². The van der Waals surface area contributed by atoms with E-state index in [0.29, 0.717) is 11.4 Å². The van der Waals surface area contributed by atoms with Gasteiger partial charge in [0.15, 0.2) is 0 Å². The Labute approximate surface area is 160 Å². The number of nitrogens with one attached hydrogen (secondary N) is 1. The molecule has 144 valence electrons. The van der Waals surface area contributed by atoms with Gasteiger partial charge >= 0.3 is 0 Å². The van der Waals surface area contributed by atoms with Gasteiger partial charge < -0.3 is 0 Å². The molecule has 4 heteroatoms. The third-order valence-corrected chi connectivity index (χ3v) is 5.62. The van der Waals surface area contributed by atoms with Crippen molar-refractivity contribution in [3.63, 3.8) is 0 Å². The molecule has 0 aliphatic carbocycles. The van der Waals surface area contributed by atoms with Gasteiger partial charge in [-0.25, -0.2) is 13.1 Å². The van der Waals surface area contributed by atoms with Crippen LogP contribution in [0.3, 0.4) is 0 Å². The van der Waals surface area contributed by atoms with E-state index in [2.05, 4.69) is 37.6 Å². The Morgan fingerprint density at radius 1 is 0.885 bits per heavy atom. The molecule has 0 spiro atoms. The molecule has 1 aromatic rings. The van der Waals surface area contributed by atoms with Crippen molar-refractivity contribution in [2.45, 2.75) is 65.2 Å². The number of hydrogen-bond acceptors (Lipinski definition) is 2. The SMILES string of the molecule is CC(C)=CCC/C(C)=C/CC/C(C)=C/CNS(=O)(=O)c1ccc(C)cc1. The number of benzene rings is 1. The minimum absolute atomic E-state index is 0.309. The molecule has 26 heavy (non-hydrogen) atoms. The molecule has 0 saturated carbocycles. The third-order valence-electron chi connectivity index (χ3n) is 4.18. The van der Waals surface area contributed by atoms with Crippen LogP contribution >= 0.6 is 0 Å². The molecule has 0 aliphatic heterocycles. The van der Waals surface area contributed by atoms with E-state index in [-0.39, 0.29) is 0 Å². The monoisotopic (exact) mass is 375 g/mol. The van der Waals surface area contributed by atoms with Crippen molar-refractivity contribution in [2.75, 3.05) is 6.54 Å². The quantitative estimate of drug-likeness (QED) is 0.534. The molecular weight excluding hydrogens is 342 g/mol. The fraction of sp³-hybridized carbons (Fsp3) is 0.455. The molecule has 0 aromatic heterocycles. The van der Waals surface area contributed by atoms with Crippen LogP contribution < -0.4 is 4.72 Å². The molecule has 0 heterocycles. The molecule has 1 N–H and O–H groups in total. The van der Waals surface area contributed by atoms with Crippen LogP contribution in [0.2, 0.25) is 0 Å². The number of allylic oxidation sites excluding steroid dienone is 5. The summed E-state index contributed by atoms with van der Waals surface area (Å²) >= 11 is 0. The Hall–Kier alpha value is -1.65. The fourth-order valence-corrected chi connectivity index (χ4v) is 3.43. The molecule has 1 aromatic carbocycles. The topological polar surface area (TPSA) is 46.2 Å². The van der Waals surface area contributed by atoms with Crippen LogP contribution in [-0.4, -0.2) is 15.0 Å². The summed E-state index contributed by atoms with van der Waals surface area (Å²) in [5.74, 6) is 0. The first-order chi connectivity index (χ1) is 12.2. The summed E-state index contributed by atoms with van der Waals surface area (Å²) in [5, 5.41) is 0. The van der Waals surface area contributed by atoms with Gasteiger partial charge in [0.25, 0.3) is 0 Å². The Bertz CT molecular complexity index is 750. The summed E-state index contributed by atoms with van der Waals surface area (Å²) in [7, 11) is -3.44. The second kappa shape index (κ2) is 11.1. The lowest BCUT2D eigenvalue weighted by atomic mass is 10.1. The van der Waals surface area contributed by atoms with Gasteiger partial charge in [0.05, 0.1) is 4.90 Å². The number of sulfonamides is 1. The van der Waals surface area contributed by atoms with E-state index in [1.807, 2.05) is 32.1 Å². The lowest BCUT2D eigenvalue weighted by Crippen LogP contribution is -2.23. The number of rotatable bonds is 10. The molecule has 1 rings (SSSR count). The van der Waals surface area contributed by atoms with Gasteiger partial charge in [-0.15, -0.1) is 0 Å². The van der Waals surface area contributed by atoms with E-state index in [9.17, 15) is 8.42 Å². The van der Waals surface area contributed by atoms with Crippen LogP contribution in [0.25, 0.3) is 0 Å². The first kappa shape index (κ1) is 22.4. The zero-order valence-electron chi connectivity index (χ0n) is 16.8. The van der Waals surface area contributed by atoms with Crippen LogP contribution in [0.15, 0.2) is 64.1 Å². The van der Waals surface area contributed by atoms with Crippen LogP contribution in [-0.2, 0) is 10.0 Å². The molecule has 0 aliphatic rings. The van der Waals surface area contributed by atoms with Crippen LogP contribution in [0.1, 0.15) is 58.9 Å². The third kappa shape index (κ3) is 9.16. The molecule has 0 radical (unpaired) electrons. The van der Waals surface area contributed by atoms with Gasteiger partial charge in [-0.3, -0.25) is 0 Å². The molecule has 0 amide bonds. The summed E-state index contributed by atoms with van der Waals surface area (Å²) in [6, 6.07) is 6.89. The Morgan fingerprint density at radius 3 is 2.00 bits per heavy atom. The average Bonchev–Trinajstić information content (AvgIpc) is 2.54. The molecule has 0 fully saturated rings. The summed E-state index contributed by atoms with van der Waals surface area (Å²) in [6.07, 6.45) is 10.7. The summed E-state index contributed by atoms with van der Waals surface area (Å²) < 4.78 is 27.1. The first-order valence-electron chi connectivity index (χ1n) is 9.21. The van der Waals surface area contributed by atoms with E-state index >= 15 is 0 Å². The van der Waals surface area contributed by atoms with Crippen LogP contribution in [0.5, 0.6) is 0 Å². The molecule has 0 unspecified atom stereocenters. The maximum absolute atomic E-state index is 12.2. The highest BCUT2D eigenvalue weighted by molar-refractivity contribution is 7.89. The smallest absolute Gasteiger partial charge is 0.207 e. The maximum Gasteiger partial charge on any atom is 0.240 e. The van der Waals surface area contributed by atoms with Crippen LogP contribution in [0, 0.1) is 6.92 Å².